The van der Waals surface area contributed by atoms with Gasteiger partial charge < -0.3 is 23.5 Å². The minimum absolute atomic E-state index is 0.0148. The number of esters is 1. The van der Waals surface area contributed by atoms with Crippen LogP contribution in [0.3, 0.4) is 0 Å². The van der Waals surface area contributed by atoms with Gasteiger partial charge in [-0.3, -0.25) is 4.79 Å². The van der Waals surface area contributed by atoms with Crippen molar-refractivity contribution in [2.24, 2.45) is 11.8 Å². The highest BCUT2D eigenvalue weighted by atomic mass is 31.2. The molecule has 6 rings (SSSR count). The molecule has 0 aromatic heterocycles. The summed E-state index contributed by atoms with van der Waals surface area (Å²) >= 11 is 0. The predicted octanol–water partition coefficient (Wildman–Crippen LogP) is 7.03. The number of carbonyl (C=O) groups excluding carboxylic acids is 2. The van der Waals surface area contributed by atoms with Gasteiger partial charge in [-0.2, -0.15) is 5.26 Å². The molecule has 0 aliphatic carbocycles. The molecule has 2 fully saturated rings. The molecule has 54 heavy (non-hydrogen) atoms. The number of β-lactam (4-membered cyclic amide) rings is 1. The summed E-state index contributed by atoms with van der Waals surface area (Å²) in [5.41, 5.74) is 1.06. The lowest BCUT2D eigenvalue weighted by molar-refractivity contribution is -0.161. The Bertz CT molecular complexity index is 1920. The molecular formula is C44H51N2O6PSi. The van der Waals surface area contributed by atoms with E-state index in [1.165, 1.54) is 0 Å². The van der Waals surface area contributed by atoms with Gasteiger partial charge >= 0.3 is 5.97 Å². The molecule has 4 aromatic rings. The molecule has 0 spiro atoms. The Morgan fingerprint density at radius 3 is 1.83 bits per heavy atom. The standard InChI is InChI=1S/C44H51N2O6PSi/c1-31(52-54(6,7)44(2,3)4)39-40(37(27-28-45)38-30-50-38)46(41(39)47)42(43(48)51-29-32-23-25-33(49-5)26-24-32)53(34-17-11-8-12-18-34,35-19-13-9-14-20-35)36-21-15-10-16-22-36/h8-26,31,37-40H,27,29-30H2,1-7H3/t31-,37-,38+,39-,40-/m1/s1. The van der Waals surface area contributed by atoms with Crippen molar-refractivity contribution in [3.05, 3.63) is 121 Å². The lowest BCUT2D eigenvalue weighted by Gasteiger charge is -2.55. The van der Waals surface area contributed by atoms with E-state index in [0.29, 0.717) is 12.4 Å². The van der Waals surface area contributed by atoms with Crippen molar-refractivity contribution in [1.29, 1.82) is 5.26 Å². The van der Waals surface area contributed by atoms with Gasteiger partial charge in [-0.1, -0.05) is 124 Å². The Kier molecular flexibility index (Phi) is 11.7. The van der Waals surface area contributed by atoms with Crippen LogP contribution in [0.15, 0.2) is 115 Å². The van der Waals surface area contributed by atoms with Crippen molar-refractivity contribution in [2.45, 2.75) is 77.1 Å². The molecule has 282 valence electrons. The minimum atomic E-state index is -3.17. The summed E-state index contributed by atoms with van der Waals surface area (Å²) in [4.78, 5) is 32.3. The molecule has 0 bridgehead atoms. The van der Waals surface area contributed by atoms with E-state index < -0.39 is 39.2 Å². The van der Waals surface area contributed by atoms with Crippen molar-refractivity contribution < 1.29 is 28.2 Å². The first kappa shape index (κ1) is 39.2. The molecule has 10 heteroatoms. The van der Waals surface area contributed by atoms with Crippen molar-refractivity contribution in [1.82, 2.24) is 4.90 Å². The number of carbonyl (C=O) groups is 2. The van der Waals surface area contributed by atoms with E-state index in [4.69, 9.17) is 18.6 Å². The van der Waals surface area contributed by atoms with Gasteiger partial charge in [0, 0.05) is 19.2 Å². The largest absolute Gasteiger partial charge is 0.497 e. The summed E-state index contributed by atoms with van der Waals surface area (Å²) < 4.78 is 24.5. The van der Waals surface area contributed by atoms with Gasteiger partial charge in [0.2, 0.25) is 5.91 Å². The second-order valence-corrected chi connectivity index (χ2v) is 23.7. The maximum Gasteiger partial charge on any atom is 0.356 e. The maximum absolute atomic E-state index is 15.4. The average Bonchev–Trinajstić information content (AvgIpc) is 4.02. The van der Waals surface area contributed by atoms with Gasteiger partial charge in [0.1, 0.15) is 17.8 Å². The summed E-state index contributed by atoms with van der Waals surface area (Å²) in [6, 6.07) is 39.2. The Hall–Kier alpha value is -4.45. The maximum atomic E-state index is 15.4. The number of nitrogens with zero attached hydrogens (tertiary/aromatic N) is 2. The Balaban J connectivity index is 1.64. The monoisotopic (exact) mass is 762 g/mol. The third kappa shape index (κ3) is 7.58. The van der Waals surface area contributed by atoms with Crippen LogP contribution in [0.25, 0.3) is 0 Å². The van der Waals surface area contributed by atoms with E-state index in [9.17, 15) is 5.26 Å². The molecule has 0 N–H and O–H groups in total. The fourth-order valence-electron chi connectivity index (χ4n) is 7.41. The average molecular weight is 763 g/mol. The Morgan fingerprint density at radius 1 is 0.907 bits per heavy atom. The van der Waals surface area contributed by atoms with E-state index in [-0.39, 0.29) is 41.4 Å². The first-order valence-corrected chi connectivity index (χ1v) is 23.3. The van der Waals surface area contributed by atoms with E-state index >= 15 is 9.59 Å². The van der Waals surface area contributed by atoms with E-state index in [1.807, 2.05) is 122 Å². The van der Waals surface area contributed by atoms with E-state index in [0.717, 1.165) is 21.5 Å². The predicted molar refractivity (Wildman–Crippen MR) is 218 cm³/mol. The van der Waals surface area contributed by atoms with Gasteiger partial charge in [-0.15, -0.1) is 0 Å². The van der Waals surface area contributed by atoms with Crippen LogP contribution in [0.1, 0.15) is 39.7 Å². The van der Waals surface area contributed by atoms with E-state index in [2.05, 4.69) is 39.9 Å². The first-order valence-electron chi connectivity index (χ1n) is 18.6. The molecule has 2 heterocycles. The number of rotatable bonds is 14. The fourth-order valence-corrected chi connectivity index (χ4v) is 13.2. The molecule has 2 aliphatic heterocycles. The summed E-state index contributed by atoms with van der Waals surface area (Å²) in [7, 11) is -0.722. The van der Waals surface area contributed by atoms with Crippen LogP contribution in [0.2, 0.25) is 18.1 Å². The number of likely N-dealkylation sites (tertiary alicyclic amines) is 1. The summed E-state index contributed by atoms with van der Waals surface area (Å²) in [5.74, 6) is -1.05. The Labute approximate surface area is 321 Å². The number of epoxide rings is 1. The van der Waals surface area contributed by atoms with Crippen LogP contribution in [-0.2, 0) is 30.1 Å². The third-order valence-electron chi connectivity index (χ3n) is 11.3. The summed E-state index contributed by atoms with van der Waals surface area (Å²) in [6.07, 6.45) is -0.527. The number of hydrogen-bond acceptors (Lipinski definition) is 7. The highest BCUT2D eigenvalue weighted by molar-refractivity contribution is 7.96. The molecule has 2 saturated heterocycles. The highest BCUT2D eigenvalue weighted by Gasteiger charge is 2.61. The second kappa shape index (κ2) is 16.1. The van der Waals surface area contributed by atoms with Gasteiger partial charge in [0.15, 0.2) is 8.32 Å². The van der Waals surface area contributed by atoms with Gasteiger partial charge in [0.05, 0.1) is 44.0 Å². The van der Waals surface area contributed by atoms with Crippen molar-refractivity contribution in [2.75, 3.05) is 13.7 Å². The Morgan fingerprint density at radius 2 is 1.41 bits per heavy atom. The third-order valence-corrected chi connectivity index (χ3v) is 20.1. The zero-order chi connectivity index (χ0) is 38.7. The minimum Gasteiger partial charge on any atom is -0.497 e. The van der Waals surface area contributed by atoms with Crippen LogP contribution in [0, 0.1) is 23.2 Å². The number of methoxy groups -OCH3 is 1. The van der Waals surface area contributed by atoms with E-state index in [1.54, 1.807) is 12.0 Å². The smallest absolute Gasteiger partial charge is 0.356 e. The van der Waals surface area contributed by atoms with Crippen LogP contribution in [0.5, 0.6) is 5.75 Å². The second-order valence-electron chi connectivity index (χ2n) is 15.6. The molecule has 5 atom stereocenters. The fraction of sp³-hybridized carbons (Fsp3) is 0.364. The quantitative estimate of drug-likeness (QED) is 0.0447. The van der Waals surface area contributed by atoms with Crippen LogP contribution in [-0.4, -0.2) is 62.5 Å². The van der Waals surface area contributed by atoms with Crippen molar-refractivity contribution >= 4 is 48.4 Å². The molecule has 8 nitrogen and oxygen atoms in total. The van der Waals surface area contributed by atoms with Gasteiger partial charge in [-0.25, -0.2) is 4.79 Å². The summed E-state index contributed by atoms with van der Waals surface area (Å²) in [6.45, 7) is 10.2. The molecule has 2 aliphatic rings. The lowest BCUT2D eigenvalue weighted by Crippen LogP contribution is -2.71. The number of hydrogen-bond donors (Lipinski definition) is 0. The molecule has 0 unspecified atom stereocenters. The normalized spacial score (nSPS) is 19.6. The van der Waals surface area contributed by atoms with Gasteiger partial charge in [-0.05, 0) is 58.7 Å². The van der Waals surface area contributed by atoms with Crippen LogP contribution in [0.4, 0.5) is 0 Å². The number of benzene rings is 4. The number of nitriles is 1. The van der Waals surface area contributed by atoms with Crippen molar-refractivity contribution in [3.63, 3.8) is 0 Å². The zero-order valence-electron chi connectivity index (χ0n) is 32.3. The topological polar surface area (TPSA) is 101 Å². The van der Waals surface area contributed by atoms with Crippen LogP contribution < -0.4 is 20.7 Å². The SMILES string of the molecule is COc1ccc(COC(=O)C(N2C(=O)[C@H]([C@@H](C)O[Si](C)(C)C(C)(C)C)[C@H]2[C@H](CC#N)[C@@H]2CO2)=P(c2ccccc2)(c2ccccc2)c2ccccc2)cc1. The molecule has 0 radical (unpaired) electrons. The lowest BCUT2D eigenvalue weighted by atomic mass is 9.73. The molecular weight excluding hydrogens is 712 g/mol. The first-order chi connectivity index (χ1) is 25.8. The number of amides is 1. The van der Waals surface area contributed by atoms with Gasteiger partial charge in [0.25, 0.3) is 0 Å². The molecule has 0 saturated carbocycles. The van der Waals surface area contributed by atoms with Crippen LogP contribution >= 0.6 is 6.89 Å². The highest BCUT2D eigenvalue weighted by Crippen LogP contribution is 2.52. The number of ether oxygens (including phenoxy) is 3. The van der Waals surface area contributed by atoms with Crippen molar-refractivity contribution in [3.8, 4) is 11.8 Å². The zero-order valence-corrected chi connectivity index (χ0v) is 34.2. The summed E-state index contributed by atoms with van der Waals surface area (Å²) in [5, 5.41) is 12.8. The molecule has 4 aromatic carbocycles. The molecule has 1 amide bonds.